The molecule has 0 aliphatic heterocycles. The van der Waals surface area contributed by atoms with Gasteiger partial charge in [-0.3, -0.25) is 4.79 Å². The van der Waals surface area contributed by atoms with Crippen LogP contribution in [-0.4, -0.2) is 16.4 Å². The average Bonchev–Trinajstić information content (AvgIpc) is 2.05. The van der Waals surface area contributed by atoms with E-state index in [9.17, 15) is 4.79 Å². The lowest BCUT2D eigenvalue weighted by Crippen LogP contribution is -2.19. The molecular formula is C8H9N3O. The maximum absolute atomic E-state index is 10.6. The Bertz CT molecular complexity index is 308. The Hall–Kier alpha value is -1.67. The van der Waals surface area contributed by atoms with Gasteiger partial charge in [0.1, 0.15) is 0 Å². The van der Waals surface area contributed by atoms with Gasteiger partial charge in [0.15, 0.2) is 0 Å². The highest BCUT2D eigenvalue weighted by Crippen LogP contribution is 2.03. The summed E-state index contributed by atoms with van der Waals surface area (Å²) >= 11 is 0. The zero-order valence-electron chi connectivity index (χ0n) is 6.74. The monoisotopic (exact) mass is 163 g/mol. The summed E-state index contributed by atoms with van der Waals surface area (Å²) in [6.45, 7) is 1.45. The number of carbonyl (C=O) groups is 1. The fourth-order valence-electron chi connectivity index (χ4n) is 0.907. The summed E-state index contributed by atoms with van der Waals surface area (Å²) in [4.78, 5) is 13.6. The molecule has 1 N–H and O–H groups in total. The molecule has 0 atom stereocenters. The fourth-order valence-corrected chi connectivity index (χ4v) is 0.907. The van der Waals surface area contributed by atoms with Crippen molar-refractivity contribution in [2.75, 3.05) is 0 Å². The van der Waals surface area contributed by atoms with Crippen LogP contribution >= 0.6 is 0 Å². The molecule has 0 aromatic carbocycles. The van der Waals surface area contributed by atoms with Crippen molar-refractivity contribution >= 4 is 11.6 Å². The molecule has 0 saturated heterocycles. The average molecular weight is 163 g/mol. The second kappa shape index (κ2) is 3.64. The summed E-state index contributed by atoms with van der Waals surface area (Å²) < 4.78 is 0. The van der Waals surface area contributed by atoms with Gasteiger partial charge in [-0.2, -0.15) is 4.79 Å². The second-order valence-corrected chi connectivity index (χ2v) is 2.47. The normalized spacial score (nSPS) is 15.1. The Labute approximate surface area is 70.2 Å². The van der Waals surface area contributed by atoms with Crippen LogP contribution < -0.4 is 5.32 Å². The summed E-state index contributed by atoms with van der Waals surface area (Å²) in [5.41, 5.74) is 9.71. The summed E-state index contributed by atoms with van der Waals surface area (Å²) in [6.07, 6.45) is 5.68. The third-order valence-corrected chi connectivity index (χ3v) is 1.44. The quantitative estimate of drug-likeness (QED) is 0.447. The molecule has 0 aromatic heterocycles. The van der Waals surface area contributed by atoms with E-state index in [1.807, 2.05) is 0 Å². The minimum Gasteiger partial charge on any atom is -0.361 e. The second-order valence-electron chi connectivity index (χ2n) is 2.47. The molecule has 1 aliphatic rings. The van der Waals surface area contributed by atoms with Crippen LogP contribution in [0.25, 0.3) is 5.53 Å². The molecule has 1 rings (SSSR count). The Balaban J connectivity index is 2.64. The first-order valence-electron chi connectivity index (χ1n) is 3.59. The SMILES string of the molecule is CC(=O)NC1=CCC(=[N+]=[N-])C=C1. The summed E-state index contributed by atoms with van der Waals surface area (Å²) in [5, 5.41) is 2.63. The highest BCUT2D eigenvalue weighted by Gasteiger charge is 2.07. The van der Waals surface area contributed by atoms with Gasteiger partial charge in [0, 0.05) is 18.7 Å². The van der Waals surface area contributed by atoms with Crippen molar-refractivity contribution in [2.45, 2.75) is 13.3 Å². The molecular weight excluding hydrogens is 154 g/mol. The Kier molecular flexibility index (Phi) is 2.56. The Morgan fingerprint density at radius 2 is 2.42 bits per heavy atom. The Morgan fingerprint density at radius 3 is 2.83 bits per heavy atom. The van der Waals surface area contributed by atoms with Gasteiger partial charge in [0.25, 0.3) is 5.71 Å². The number of carbonyl (C=O) groups excluding carboxylic acids is 1. The van der Waals surface area contributed by atoms with Crippen molar-refractivity contribution in [3.05, 3.63) is 29.5 Å². The van der Waals surface area contributed by atoms with Crippen LogP contribution in [-0.2, 0) is 4.79 Å². The van der Waals surface area contributed by atoms with E-state index in [1.54, 1.807) is 18.2 Å². The maximum Gasteiger partial charge on any atom is 0.295 e. The van der Waals surface area contributed by atoms with Crippen molar-refractivity contribution in [3.8, 4) is 0 Å². The molecule has 0 heterocycles. The van der Waals surface area contributed by atoms with Gasteiger partial charge < -0.3 is 10.8 Å². The van der Waals surface area contributed by atoms with E-state index in [-0.39, 0.29) is 5.91 Å². The van der Waals surface area contributed by atoms with Crippen LogP contribution in [0.5, 0.6) is 0 Å². The molecule has 0 aromatic rings. The molecule has 4 heteroatoms. The van der Waals surface area contributed by atoms with E-state index < -0.39 is 0 Å². The molecule has 1 amide bonds. The molecule has 1 aliphatic carbocycles. The molecule has 4 nitrogen and oxygen atoms in total. The molecule has 12 heavy (non-hydrogen) atoms. The third kappa shape index (κ3) is 2.18. The molecule has 0 saturated carbocycles. The van der Waals surface area contributed by atoms with Gasteiger partial charge in [0.05, 0.1) is 6.42 Å². The largest absolute Gasteiger partial charge is 0.361 e. The van der Waals surface area contributed by atoms with E-state index in [4.69, 9.17) is 5.53 Å². The molecule has 0 bridgehead atoms. The van der Waals surface area contributed by atoms with Gasteiger partial charge >= 0.3 is 0 Å². The van der Waals surface area contributed by atoms with Crippen LogP contribution in [0.1, 0.15) is 13.3 Å². The summed E-state index contributed by atoms with van der Waals surface area (Å²) in [6, 6.07) is 0. The van der Waals surface area contributed by atoms with Crippen molar-refractivity contribution in [1.29, 1.82) is 0 Å². The van der Waals surface area contributed by atoms with Crippen molar-refractivity contribution in [1.82, 2.24) is 5.32 Å². The number of rotatable bonds is 1. The van der Waals surface area contributed by atoms with E-state index in [0.29, 0.717) is 12.1 Å². The summed E-state index contributed by atoms with van der Waals surface area (Å²) in [7, 11) is 0. The topological polar surface area (TPSA) is 65.5 Å². The third-order valence-electron chi connectivity index (χ3n) is 1.44. The lowest BCUT2D eigenvalue weighted by atomic mass is 10.1. The molecule has 62 valence electrons. The van der Waals surface area contributed by atoms with Crippen LogP contribution in [0.15, 0.2) is 23.9 Å². The standard InChI is InChI=1S/C8H9N3O/c1-6(12)10-7-2-4-8(11-9)5-3-7/h2-4H,5H2,1H3,(H,10,12). The minimum absolute atomic E-state index is 0.102. The van der Waals surface area contributed by atoms with Crippen molar-refractivity contribution in [3.63, 3.8) is 0 Å². The molecule has 0 spiro atoms. The van der Waals surface area contributed by atoms with Crippen molar-refractivity contribution in [2.24, 2.45) is 0 Å². The van der Waals surface area contributed by atoms with Gasteiger partial charge in [-0.05, 0) is 12.2 Å². The minimum atomic E-state index is -0.102. The number of nitrogens with one attached hydrogen (secondary N) is 1. The van der Waals surface area contributed by atoms with E-state index in [2.05, 4.69) is 10.1 Å². The van der Waals surface area contributed by atoms with Gasteiger partial charge in [0.2, 0.25) is 5.91 Å². The van der Waals surface area contributed by atoms with Gasteiger partial charge in [-0.15, -0.1) is 0 Å². The zero-order chi connectivity index (χ0) is 8.97. The van der Waals surface area contributed by atoms with Gasteiger partial charge in [-0.1, -0.05) is 0 Å². The zero-order valence-corrected chi connectivity index (χ0v) is 6.74. The van der Waals surface area contributed by atoms with E-state index in [1.165, 1.54) is 6.92 Å². The molecule has 0 radical (unpaired) electrons. The number of allylic oxidation sites excluding steroid dienone is 3. The number of hydrogen-bond acceptors (Lipinski definition) is 1. The van der Waals surface area contributed by atoms with Crippen LogP contribution in [0.2, 0.25) is 0 Å². The van der Waals surface area contributed by atoms with Crippen LogP contribution in [0.4, 0.5) is 0 Å². The fraction of sp³-hybridized carbons (Fsp3) is 0.250. The van der Waals surface area contributed by atoms with Crippen LogP contribution in [0, 0.1) is 0 Å². The predicted octanol–water partition coefficient (Wildman–Crippen LogP) is 0.637. The lowest BCUT2D eigenvalue weighted by Gasteiger charge is -2.03. The molecule has 0 fully saturated rings. The van der Waals surface area contributed by atoms with E-state index >= 15 is 0 Å². The van der Waals surface area contributed by atoms with Crippen molar-refractivity contribution < 1.29 is 9.58 Å². The highest BCUT2D eigenvalue weighted by atomic mass is 16.1. The first kappa shape index (κ1) is 8.43. The predicted molar refractivity (Wildman–Crippen MR) is 44.3 cm³/mol. The first-order chi connectivity index (χ1) is 5.72. The molecule has 0 unspecified atom stereocenters. The van der Waals surface area contributed by atoms with Crippen LogP contribution in [0.3, 0.4) is 0 Å². The maximum atomic E-state index is 10.6. The number of amides is 1. The van der Waals surface area contributed by atoms with E-state index in [0.717, 1.165) is 5.70 Å². The lowest BCUT2D eigenvalue weighted by molar-refractivity contribution is -0.118. The van der Waals surface area contributed by atoms with Gasteiger partial charge in [-0.25, -0.2) is 0 Å². The highest BCUT2D eigenvalue weighted by molar-refractivity contribution is 5.93. The summed E-state index contributed by atoms with van der Waals surface area (Å²) in [5.74, 6) is -0.102. The number of nitrogens with zero attached hydrogens (tertiary/aromatic N) is 2. The first-order valence-corrected chi connectivity index (χ1v) is 3.59. The Morgan fingerprint density at radius 1 is 1.67 bits per heavy atom. The smallest absolute Gasteiger partial charge is 0.295 e. The number of hydrogen-bond donors (Lipinski definition) is 1.